The molecule has 2 heterocycles. The summed E-state index contributed by atoms with van der Waals surface area (Å²) in [6, 6.07) is 10.8. The summed E-state index contributed by atoms with van der Waals surface area (Å²) < 4.78 is 52.8. The summed E-state index contributed by atoms with van der Waals surface area (Å²) in [5.74, 6) is -3.59. The maximum absolute atomic E-state index is 16.4. The predicted molar refractivity (Wildman–Crippen MR) is 138 cm³/mol. The minimum atomic E-state index is -1.64. The van der Waals surface area contributed by atoms with Crippen LogP contribution in [0, 0.1) is 17.5 Å². The Morgan fingerprint density at radius 1 is 1.13 bits per heavy atom. The van der Waals surface area contributed by atoms with Gasteiger partial charge in [-0.2, -0.15) is 5.10 Å². The van der Waals surface area contributed by atoms with Crippen LogP contribution < -0.4 is 0 Å². The van der Waals surface area contributed by atoms with E-state index in [9.17, 15) is 19.4 Å². The second-order valence-corrected chi connectivity index (χ2v) is 9.85. The van der Waals surface area contributed by atoms with Crippen molar-refractivity contribution in [3.63, 3.8) is 0 Å². The number of methoxy groups -OCH3 is 1. The Labute approximate surface area is 220 Å². The summed E-state index contributed by atoms with van der Waals surface area (Å²) >= 11 is 0. The Hall–Kier alpha value is -4.15. The van der Waals surface area contributed by atoms with Gasteiger partial charge in [-0.25, -0.2) is 18.0 Å². The van der Waals surface area contributed by atoms with Gasteiger partial charge in [0.2, 0.25) is 0 Å². The molecule has 0 bridgehead atoms. The zero-order valence-corrected chi connectivity index (χ0v) is 20.8. The van der Waals surface area contributed by atoms with Crippen LogP contribution in [0.4, 0.5) is 13.2 Å². The molecule has 0 amide bonds. The molecule has 1 saturated carbocycles. The first-order valence-corrected chi connectivity index (χ1v) is 12.5. The van der Waals surface area contributed by atoms with Crippen LogP contribution in [0.1, 0.15) is 41.7 Å². The largest absolute Gasteiger partial charge is 0.478 e. The van der Waals surface area contributed by atoms with Crippen LogP contribution in [0.5, 0.6) is 0 Å². The highest BCUT2D eigenvalue weighted by Gasteiger charge is 2.46. The van der Waals surface area contributed by atoms with Crippen LogP contribution in [-0.2, 0) is 10.3 Å². The molecule has 1 aliphatic rings. The monoisotopic (exact) mass is 535 g/mol. The van der Waals surface area contributed by atoms with Gasteiger partial charge in [0.1, 0.15) is 22.8 Å². The van der Waals surface area contributed by atoms with E-state index in [1.807, 2.05) is 0 Å². The van der Waals surface area contributed by atoms with Gasteiger partial charge in [-0.15, -0.1) is 0 Å². The number of fused-ring (bicyclic) bond motifs is 2. The number of aliphatic hydroxyl groups is 1. The number of benzene rings is 3. The van der Waals surface area contributed by atoms with Gasteiger partial charge >= 0.3 is 5.97 Å². The van der Waals surface area contributed by atoms with Gasteiger partial charge in [-0.1, -0.05) is 12.5 Å². The van der Waals surface area contributed by atoms with Gasteiger partial charge in [0, 0.05) is 29.1 Å². The maximum Gasteiger partial charge on any atom is 0.338 e. The number of nitrogens with one attached hydrogen (secondary N) is 1. The van der Waals surface area contributed by atoms with E-state index in [1.54, 1.807) is 10.6 Å². The van der Waals surface area contributed by atoms with Crippen molar-refractivity contribution in [2.45, 2.75) is 37.4 Å². The minimum Gasteiger partial charge on any atom is -0.478 e. The fourth-order valence-corrected chi connectivity index (χ4v) is 5.90. The van der Waals surface area contributed by atoms with E-state index in [4.69, 9.17) is 4.74 Å². The average molecular weight is 536 g/mol. The van der Waals surface area contributed by atoms with E-state index in [0.29, 0.717) is 29.4 Å². The quantitative estimate of drug-likeness (QED) is 0.254. The molecule has 3 N–H and O–H groups in total. The number of halogens is 3. The number of rotatable bonds is 5. The number of ether oxygens (including phenoxy) is 1. The molecular weight excluding hydrogens is 511 g/mol. The maximum atomic E-state index is 16.4. The molecule has 2 atom stereocenters. The third-order valence-electron chi connectivity index (χ3n) is 7.68. The van der Waals surface area contributed by atoms with E-state index in [-0.39, 0.29) is 34.1 Å². The molecule has 7 nitrogen and oxygen atoms in total. The number of aromatic carboxylic acids is 1. The van der Waals surface area contributed by atoms with Gasteiger partial charge in [0.05, 0.1) is 29.1 Å². The van der Waals surface area contributed by atoms with Crippen molar-refractivity contribution in [3.05, 3.63) is 83.4 Å². The van der Waals surface area contributed by atoms with Crippen LogP contribution in [0.3, 0.4) is 0 Å². The number of carboxylic acids is 1. The Morgan fingerprint density at radius 2 is 1.90 bits per heavy atom. The zero-order valence-electron chi connectivity index (χ0n) is 20.8. The van der Waals surface area contributed by atoms with Crippen LogP contribution >= 0.6 is 0 Å². The molecule has 0 aliphatic heterocycles. The molecule has 1 fully saturated rings. The topological polar surface area (TPSA) is 100 Å². The van der Waals surface area contributed by atoms with Crippen LogP contribution in [0.2, 0.25) is 0 Å². The molecule has 1 unspecified atom stereocenters. The van der Waals surface area contributed by atoms with E-state index < -0.39 is 40.7 Å². The Morgan fingerprint density at radius 3 is 2.59 bits per heavy atom. The predicted octanol–water partition coefficient (Wildman–Crippen LogP) is 6.07. The summed E-state index contributed by atoms with van der Waals surface area (Å²) in [5, 5.41) is 28.9. The van der Waals surface area contributed by atoms with Crippen molar-refractivity contribution in [2.24, 2.45) is 0 Å². The standard InChI is InChI=1S/C29H24F3N3O4/c1-39-22-4-2-3-11-29(22,38)27-23(15-5-10-19(28(36)37)20(31)12-15)24-21(13-16-14-33-34-26(16)25(24)32)35(27)18-8-6-17(30)7-9-18/h5-10,12-14,22,38H,2-4,11H2,1H3,(H,33,34)(H,36,37)/t22-,29?/m0/s1. The second kappa shape index (κ2) is 9.25. The first-order chi connectivity index (χ1) is 18.7. The first-order valence-electron chi connectivity index (χ1n) is 12.5. The Bertz CT molecular complexity index is 1740. The smallest absolute Gasteiger partial charge is 0.338 e. The summed E-state index contributed by atoms with van der Waals surface area (Å²) in [5.41, 5.74) is -0.668. The van der Waals surface area contributed by atoms with Gasteiger partial charge in [-0.05, 0) is 67.3 Å². The van der Waals surface area contributed by atoms with Crippen LogP contribution in [0.25, 0.3) is 38.6 Å². The summed E-state index contributed by atoms with van der Waals surface area (Å²) in [6.07, 6.45) is 3.04. The van der Waals surface area contributed by atoms with Gasteiger partial charge < -0.3 is 19.5 Å². The van der Waals surface area contributed by atoms with Crippen molar-refractivity contribution in [3.8, 4) is 16.8 Å². The fourth-order valence-electron chi connectivity index (χ4n) is 5.90. The second-order valence-electron chi connectivity index (χ2n) is 9.85. The van der Waals surface area contributed by atoms with E-state index >= 15 is 8.78 Å². The highest BCUT2D eigenvalue weighted by atomic mass is 19.1. The number of carbonyl (C=O) groups is 1. The van der Waals surface area contributed by atoms with Crippen LogP contribution in [-0.4, -0.2) is 44.2 Å². The molecule has 6 rings (SSSR count). The molecule has 10 heteroatoms. The molecule has 5 aromatic rings. The van der Waals surface area contributed by atoms with Crippen molar-refractivity contribution < 1.29 is 32.9 Å². The van der Waals surface area contributed by atoms with Crippen molar-refractivity contribution >= 4 is 27.8 Å². The zero-order chi connectivity index (χ0) is 27.5. The summed E-state index contributed by atoms with van der Waals surface area (Å²) in [4.78, 5) is 11.5. The average Bonchev–Trinajstić information content (AvgIpc) is 3.53. The number of carboxylic acid groups (broad SMARTS) is 1. The Kier molecular flexibility index (Phi) is 5.96. The number of nitrogens with zero attached hydrogens (tertiary/aromatic N) is 2. The van der Waals surface area contributed by atoms with Crippen molar-refractivity contribution in [2.75, 3.05) is 7.11 Å². The number of aromatic amines is 1. The minimum absolute atomic E-state index is 0.0717. The van der Waals surface area contributed by atoms with Crippen LogP contribution in [0.15, 0.2) is 54.7 Å². The van der Waals surface area contributed by atoms with E-state index in [0.717, 1.165) is 18.6 Å². The van der Waals surface area contributed by atoms with Gasteiger partial charge in [-0.3, -0.25) is 5.10 Å². The lowest BCUT2D eigenvalue weighted by Gasteiger charge is -2.40. The molecule has 39 heavy (non-hydrogen) atoms. The van der Waals surface area contributed by atoms with Gasteiger partial charge in [0.15, 0.2) is 5.82 Å². The van der Waals surface area contributed by atoms with Crippen molar-refractivity contribution in [1.82, 2.24) is 14.8 Å². The third kappa shape index (κ3) is 3.82. The van der Waals surface area contributed by atoms with Gasteiger partial charge in [0.25, 0.3) is 0 Å². The lowest BCUT2D eigenvalue weighted by Crippen LogP contribution is -2.45. The number of aromatic nitrogens is 3. The lowest BCUT2D eigenvalue weighted by molar-refractivity contribution is -0.125. The highest BCUT2D eigenvalue weighted by molar-refractivity contribution is 6.06. The normalized spacial score (nSPS) is 19.7. The lowest BCUT2D eigenvalue weighted by atomic mass is 9.77. The fraction of sp³-hybridized carbons (Fsp3) is 0.241. The molecule has 0 radical (unpaired) electrons. The summed E-state index contributed by atoms with van der Waals surface area (Å²) in [6.45, 7) is 0. The molecule has 3 aromatic carbocycles. The number of H-pyrrole nitrogens is 1. The first kappa shape index (κ1) is 25.1. The molecule has 200 valence electrons. The van der Waals surface area contributed by atoms with Crippen molar-refractivity contribution in [1.29, 1.82) is 0 Å². The number of hydrogen-bond acceptors (Lipinski definition) is 4. The Balaban J connectivity index is 1.82. The number of hydrogen-bond donors (Lipinski definition) is 3. The van der Waals surface area contributed by atoms with E-state index in [1.165, 1.54) is 43.6 Å². The third-order valence-corrected chi connectivity index (χ3v) is 7.68. The summed E-state index contributed by atoms with van der Waals surface area (Å²) in [7, 11) is 1.49. The SMILES string of the molecule is CO[C@H]1CCCCC1(O)c1c(-c2ccc(C(=O)O)c(F)c2)c2c(F)c3[nH]ncc3cc2n1-c1ccc(F)cc1. The highest BCUT2D eigenvalue weighted by Crippen LogP contribution is 2.49. The van der Waals surface area contributed by atoms with E-state index in [2.05, 4.69) is 10.2 Å². The molecule has 0 saturated heterocycles. The molecular formula is C29H24F3N3O4. The molecule has 0 spiro atoms. The molecule has 1 aliphatic carbocycles. The molecule has 2 aromatic heterocycles.